The van der Waals surface area contributed by atoms with Crippen LogP contribution in [0, 0.1) is 35.5 Å². The summed E-state index contributed by atoms with van der Waals surface area (Å²) in [5.41, 5.74) is 0. The fourth-order valence-corrected chi connectivity index (χ4v) is 8.34. The third-order valence-corrected chi connectivity index (χ3v) is 11.0. The molecule has 4 aliphatic carbocycles. The Morgan fingerprint density at radius 1 is 0.647 bits per heavy atom. The molecule has 7 unspecified atom stereocenters. The van der Waals surface area contributed by atoms with Gasteiger partial charge in [0.2, 0.25) is 0 Å². The predicted molar refractivity (Wildman–Crippen MR) is 135 cm³/mol. The second kappa shape index (κ2) is 13.1. The van der Waals surface area contributed by atoms with Crippen molar-refractivity contribution in [3.63, 3.8) is 0 Å². The Balaban J connectivity index is 1.41. The van der Waals surface area contributed by atoms with Gasteiger partial charge in [-0.3, -0.25) is 9.59 Å². The number of fused-ring (bicyclic) bond motifs is 5. The van der Waals surface area contributed by atoms with Crippen molar-refractivity contribution in [2.45, 2.75) is 117 Å². The Hall–Kier alpha value is -2.00. The number of carbonyl (C=O) groups is 2. The lowest BCUT2D eigenvalue weighted by Gasteiger charge is -2.42. The molecule has 51 heavy (non-hydrogen) atoms. The Morgan fingerprint density at radius 3 is 1.65 bits per heavy atom. The molecule has 0 aromatic heterocycles. The van der Waals surface area contributed by atoms with Crippen LogP contribution in [-0.2, 0) is 19.1 Å². The number of hydrogen-bond donors (Lipinski definition) is 1. The normalized spacial score (nSPS) is 32.6. The zero-order valence-electron chi connectivity index (χ0n) is 25.4. The van der Waals surface area contributed by atoms with Gasteiger partial charge >= 0.3 is 59.6 Å². The molecule has 0 radical (unpaired) electrons. The van der Waals surface area contributed by atoms with Gasteiger partial charge in [0.05, 0.1) is 29.9 Å². The summed E-state index contributed by atoms with van der Waals surface area (Å²) in [6.07, 6.45) is -10.5. The number of carboxylic acid groups (broad SMARTS) is 1. The van der Waals surface area contributed by atoms with Gasteiger partial charge in [0.15, 0.2) is 0 Å². The first-order valence-corrected chi connectivity index (χ1v) is 15.7. The number of hydrogen-bond acceptors (Lipinski definition) is 4. The molecule has 0 aliphatic heterocycles. The van der Waals surface area contributed by atoms with Crippen molar-refractivity contribution in [3.05, 3.63) is 0 Å². The minimum absolute atomic E-state index is 0.0460. The number of ether oxygens (including phenoxy) is 2. The van der Waals surface area contributed by atoms with Crippen molar-refractivity contribution in [2.24, 2.45) is 35.5 Å². The van der Waals surface area contributed by atoms with Crippen molar-refractivity contribution >= 4 is 23.5 Å². The SMILES string of the molecule is O=C(O)C1CCCCC1C(=O)OC1C(Cl)CC2C1[C@@H]1CC(OCCC(F)(F)C(F)(F)C(F)(F)C(F)(F)C(F)(F)C(F)(F)C(F)(F)C(F)(F)F)[C@H]2C1. The van der Waals surface area contributed by atoms with E-state index in [1.54, 1.807) is 0 Å². The maximum Gasteiger partial charge on any atom is 0.460 e. The van der Waals surface area contributed by atoms with E-state index < -0.39 is 126 Å². The van der Waals surface area contributed by atoms with Gasteiger partial charge in [-0.25, -0.2) is 0 Å². The van der Waals surface area contributed by atoms with Crippen LogP contribution in [0.2, 0.25) is 0 Å². The average Bonchev–Trinajstić information content (AvgIpc) is 3.66. The zero-order chi connectivity index (χ0) is 39.1. The fourth-order valence-electron chi connectivity index (χ4n) is 7.92. The highest BCUT2D eigenvalue weighted by Crippen LogP contribution is 2.65. The second-order valence-corrected chi connectivity index (χ2v) is 14.0. The summed E-state index contributed by atoms with van der Waals surface area (Å²) >= 11 is 6.42. The van der Waals surface area contributed by atoms with Crippen LogP contribution in [0.3, 0.4) is 0 Å². The Labute approximate surface area is 281 Å². The number of carbonyl (C=O) groups excluding carboxylic acids is 1. The lowest BCUT2D eigenvalue weighted by Crippen LogP contribution is -2.74. The molecule has 296 valence electrons. The highest BCUT2D eigenvalue weighted by atomic mass is 35.5. The Bertz CT molecular complexity index is 1320. The van der Waals surface area contributed by atoms with Gasteiger partial charge in [-0.15, -0.1) is 11.6 Å². The lowest BCUT2D eigenvalue weighted by atomic mass is 9.78. The van der Waals surface area contributed by atoms with Crippen LogP contribution in [0.25, 0.3) is 0 Å². The summed E-state index contributed by atoms with van der Waals surface area (Å²) in [5.74, 6) is -62.5. The van der Waals surface area contributed by atoms with Gasteiger partial charge in [-0.1, -0.05) is 12.8 Å². The number of alkyl halides is 18. The first-order chi connectivity index (χ1) is 22.9. The number of rotatable bonds is 13. The summed E-state index contributed by atoms with van der Waals surface area (Å²) < 4.78 is 241. The Kier molecular flexibility index (Phi) is 10.7. The van der Waals surface area contributed by atoms with Crippen molar-refractivity contribution in [1.29, 1.82) is 0 Å². The minimum atomic E-state index is -8.68. The fraction of sp³-hybridized carbons (Fsp3) is 0.929. The first kappa shape index (κ1) is 41.8. The second-order valence-electron chi connectivity index (χ2n) is 13.4. The van der Waals surface area contributed by atoms with Crippen LogP contribution in [0.15, 0.2) is 0 Å². The molecule has 4 rings (SSSR count). The largest absolute Gasteiger partial charge is 0.481 e. The quantitative estimate of drug-likeness (QED) is 0.115. The van der Waals surface area contributed by atoms with E-state index in [1.165, 1.54) is 0 Å². The third-order valence-electron chi connectivity index (χ3n) is 10.6. The monoisotopic (exact) mass is 802 g/mol. The van der Waals surface area contributed by atoms with Crippen LogP contribution in [0.5, 0.6) is 0 Å². The van der Waals surface area contributed by atoms with Gasteiger partial charge in [-0.05, 0) is 49.9 Å². The molecular weight excluding hydrogens is 775 g/mol. The molecule has 23 heteroatoms. The average molecular weight is 803 g/mol. The van der Waals surface area contributed by atoms with Crippen LogP contribution >= 0.6 is 11.6 Å². The number of aliphatic carboxylic acids is 1. The maximum atomic E-state index is 14.4. The van der Waals surface area contributed by atoms with E-state index >= 15 is 0 Å². The summed E-state index contributed by atoms with van der Waals surface area (Å²) in [5, 5.41) is 8.65. The van der Waals surface area contributed by atoms with Gasteiger partial charge in [-0.2, -0.15) is 74.6 Å². The van der Waals surface area contributed by atoms with Crippen molar-refractivity contribution < 1.29 is 98.8 Å². The number of esters is 1. The molecule has 4 fully saturated rings. The Morgan fingerprint density at radius 2 is 1.14 bits per heavy atom. The van der Waals surface area contributed by atoms with Gasteiger partial charge in [0, 0.05) is 12.3 Å². The highest BCUT2D eigenvalue weighted by molar-refractivity contribution is 6.21. The van der Waals surface area contributed by atoms with E-state index in [0.717, 1.165) is 0 Å². The van der Waals surface area contributed by atoms with E-state index in [0.29, 0.717) is 12.8 Å². The molecule has 0 amide bonds. The highest BCUT2D eigenvalue weighted by Gasteiger charge is 2.95. The standard InChI is InChI=1S/C28H28ClF17O5/c29-15-9-14-13-7-10(17(14)18(15)51-20(49)12-4-2-1-3-11(12)19(47)48)8-16(13)50-6-5-21(30,31)22(32,33)23(34,35)24(36,37)25(38,39)26(40,41)27(42,43)28(44,45)46/h10-18H,1-9H2,(H,47,48)/t10-,11?,12?,13-,14?,15?,16?,17?,18?/m0/s1. The number of carboxylic acids is 1. The molecule has 4 aliphatic rings. The maximum absolute atomic E-state index is 14.4. The van der Waals surface area contributed by atoms with E-state index in [-0.39, 0.29) is 32.1 Å². The van der Waals surface area contributed by atoms with Gasteiger partial charge in [0.1, 0.15) is 6.10 Å². The smallest absolute Gasteiger partial charge is 0.460 e. The van der Waals surface area contributed by atoms with Gasteiger partial charge < -0.3 is 14.6 Å². The molecule has 4 saturated carbocycles. The topological polar surface area (TPSA) is 72.8 Å². The van der Waals surface area contributed by atoms with Crippen LogP contribution in [0.4, 0.5) is 74.6 Å². The molecule has 9 atom stereocenters. The zero-order valence-corrected chi connectivity index (χ0v) is 26.2. The summed E-state index contributed by atoms with van der Waals surface area (Å²) in [6.45, 7) is -1.67. The summed E-state index contributed by atoms with van der Waals surface area (Å²) in [4.78, 5) is 24.6. The van der Waals surface area contributed by atoms with E-state index in [1.807, 2.05) is 0 Å². The van der Waals surface area contributed by atoms with Crippen molar-refractivity contribution in [2.75, 3.05) is 6.61 Å². The molecule has 0 heterocycles. The molecule has 1 N–H and O–H groups in total. The van der Waals surface area contributed by atoms with Crippen LogP contribution < -0.4 is 0 Å². The van der Waals surface area contributed by atoms with Crippen molar-refractivity contribution in [3.8, 4) is 0 Å². The molecule has 2 bridgehead atoms. The van der Waals surface area contributed by atoms with E-state index in [2.05, 4.69) is 0 Å². The molecule has 0 spiro atoms. The molecular formula is C28H28ClF17O5. The van der Waals surface area contributed by atoms with Crippen molar-refractivity contribution in [1.82, 2.24) is 0 Å². The molecule has 0 aromatic rings. The van der Waals surface area contributed by atoms with E-state index in [9.17, 15) is 89.3 Å². The molecule has 0 aromatic carbocycles. The third kappa shape index (κ3) is 6.30. The predicted octanol–water partition coefficient (Wildman–Crippen LogP) is 8.86. The molecule has 0 saturated heterocycles. The van der Waals surface area contributed by atoms with E-state index in [4.69, 9.17) is 21.1 Å². The van der Waals surface area contributed by atoms with Crippen LogP contribution in [0.1, 0.15) is 51.4 Å². The van der Waals surface area contributed by atoms with Gasteiger partial charge in [0.25, 0.3) is 0 Å². The lowest BCUT2D eigenvalue weighted by molar-refractivity contribution is -0.462. The summed E-state index contributed by atoms with van der Waals surface area (Å²) in [6, 6.07) is 0. The minimum Gasteiger partial charge on any atom is -0.481 e. The summed E-state index contributed by atoms with van der Waals surface area (Å²) in [7, 11) is 0. The van der Waals surface area contributed by atoms with Crippen LogP contribution in [-0.4, -0.2) is 88.9 Å². The number of halogens is 18. The first-order valence-electron chi connectivity index (χ1n) is 15.3. The molecule has 5 nitrogen and oxygen atoms in total.